The summed E-state index contributed by atoms with van der Waals surface area (Å²) in [6.07, 6.45) is -1.04. The van der Waals surface area contributed by atoms with Gasteiger partial charge in [0.2, 0.25) is 0 Å². The maximum Gasteiger partial charge on any atom is 0.133 e. The summed E-state index contributed by atoms with van der Waals surface area (Å²) in [5, 5.41) is 7.00. The fourth-order valence-corrected chi connectivity index (χ4v) is 1.95. The van der Waals surface area contributed by atoms with Gasteiger partial charge >= 0.3 is 0 Å². The van der Waals surface area contributed by atoms with Crippen LogP contribution in [0.2, 0.25) is 0 Å². The van der Waals surface area contributed by atoms with Crippen LogP contribution in [0, 0.1) is 0 Å². The Morgan fingerprint density at radius 1 is 1.35 bits per heavy atom. The predicted molar refractivity (Wildman–Crippen MR) is 63.6 cm³/mol. The molecule has 1 aromatic rings. The van der Waals surface area contributed by atoms with Crippen molar-refractivity contribution in [2.45, 2.75) is 24.8 Å². The van der Waals surface area contributed by atoms with Gasteiger partial charge in [-0.1, -0.05) is 30.3 Å². The monoisotopic (exact) mass is 242 g/mol. The van der Waals surface area contributed by atoms with Crippen molar-refractivity contribution >= 4 is 0 Å². The standard InChI is InChI=1S/C12H15FO2.CH4O/c1-14-8-10-7-11(13)12(15-10)9-5-3-2-4-6-9;1-2/h2-6,10-12H,7-8H2,1H3;2H,1H3. The Hall–Kier alpha value is -0.970. The van der Waals surface area contributed by atoms with Gasteiger partial charge < -0.3 is 14.6 Å². The van der Waals surface area contributed by atoms with Crippen molar-refractivity contribution in [1.82, 2.24) is 0 Å². The highest BCUT2D eigenvalue weighted by Gasteiger charge is 2.36. The first-order chi connectivity index (χ1) is 8.31. The second-order valence-corrected chi connectivity index (χ2v) is 3.80. The van der Waals surface area contributed by atoms with Gasteiger partial charge in [0.25, 0.3) is 0 Å². The zero-order chi connectivity index (χ0) is 12.7. The van der Waals surface area contributed by atoms with E-state index in [9.17, 15) is 4.39 Å². The number of ether oxygens (including phenoxy) is 2. The van der Waals surface area contributed by atoms with Crippen LogP contribution >= 0.6 is 0 Å². The van der Waals surface area contributed by atoms with Crippen LogP contribution < -0.4 is 0 Å². The molecular formula is C13H19FO3. The number of alkyl halides is 1. The molecule has 1 saturated heterocycles. The van der Waals surface area contributed by atoms with Crippen LogP contribution in [-0.4, -0.2) is 38.2 Å². The van der Waals surface area contributed by atoms with E-state index in [0.717, 1.165) is 12.7 Å². The Balaban J connectivity index is 0.000000686. The number of hydrogen-bond donors (Lipinski definition) is 1. The molecule has 1 aromatic carbocycles. The maximum absolute atomic E-state index is 13.7. The summed E-state index contributed by atoms with van der Waals surface area (Å²) < 4.78 is 24.2. The molecule has 17 heavy (non-hydrogen) atoms. The lowest BCUT2D eigenvalue weighted by atomic mass is 10.0. The van der Waals surface area contributed by atoms with E-state index in [2.05, 4.69) is 0 Å². The third-order valence-electron chi connectivity index (χ3n) is 2.64. The fraction of sp³-hybridized carbons (Fsp3) is 0.538. The molecular weight excluding hydrogens is 223 g/mol. The van der Waals surface area contributed by atoms with Gasteiger partial charge in [0.15, 0.2) is 0 Å². The number of methoxy groups -OCH3 is 1. The quantitative estimate of drug-likeness (QED) is 0.882. The van der Waals surface area contributed by atoms with Gasteiger partial charge in [-0.3, -0.25) is 0 Å². The summed E-state index contributed by atoms with van der Waals surface area (Å²) in [6.45, 7) is 0.462. The molecule has 0 radical (unpaired) electrons. The van der Waals surface area contributed by atoms with E-state index in [1.807, 2.05) is 30.3 Å². The van der Waals surface area contributed by atoms with Crippen LogP contribution in [0.1, 0.15) is 18.1 Å². The molecule has 3 unspecified atom stereocenters. The topological polar surface area (TPSA) is 38.7 Å². The van der Waals surface area contributed by atoms with Crippen molar-refractivity contribution in [3.8, 4) is 0 Å². The maximum atomic E-state index is 13.7. The molecule has 0 amide bonds. The minimum atomic E-state index is -0.924. The van der Waals surface area contributed by atoms with Crippen molar-refractivity contribution in [1.29, 1.82) is 0 Å². The molecule has 1 fully saturated rings. The first-order valence-corrected chi connectivity index (χ1v) is 5.59. The summed E-state index contributed by atoms with van der Waals surface area (Å²) in [5.74, 6) is 0. The largest absolute Gasteiger partial charge is 0.400 e. The average Bonchev–Trinajstić information content (AvgIpc) is 2.74. The Morgan fingerprint density at radius 3 is 2.59 bits per heavy atom. The third kappa shape index (κ3) is 3.77. The lowest BCUT2D eigenvalue weighted by Gasteiger charge is -2.13. The van der Waals surface area contributed by atoms with Crippen LogP contribution in [0.25, 0.3) is 0 Å². The van der Waals surface area contributed by atoms with Crippen LogP contribution in [0.15, 0.2) is 30.3 Å². The van der Waals surface area contributed by atoms with Crippen LogP contribution in [0.3, 0.4) is 0 Å². The van der Waals surface area contributed by atoms with E-state index in [-0.39, 0.29) is 6.10 Å². The molecule has 0 bridgehead atoms. The minimum absolute atomic E-state index is 0.116. The summed E-state index contributed by atoms with van der Waals surface area (Å²) in [7, 11) is 2.60. The molecule has 1 heterocycles. The second kappa shape index (κ2) is 7.37. The van der Waals surface area contributed by atoms with E-state index < -0.39 is 12.3 Å². The van der Waals surface area contributed by atoms with E-state index >= 15 is 0 Å². The molecule has 3 nitrogen and oxygen atoms in total. The predicted octanol–water partition coefficient (Wildman–Crippen LogP) is 2.11. The molecule has 3 atom stereocenters. The lowest BCUT2D eigenvalue weighted by Crippen LogP contribution is -2.13. The first-order valence-electron chi connectivity index (χ1n) is 5.59. The molecule has 0 aliphatic carbocycles. The average molecular weight is 242 g/mol. The number of aliphatic hydroxyl groups excluding tert-OH is 1. The smallest absolute Gasteiger partial charge is 0.133 e. The van der Waals surface area contributed by atoms with Gasteiger partial charge in [0.05, 0.1) is 12.7 Å². The highest BCUT2D eigenvalue weighted by Crippen LogP contribution is 2.35. The van der Waals surface area contributed by atoms with E-state index in [0.29, 0.717) is 13.0 Å². The SMILES string of the molecule is CO.COCC1CC(F)C(c2ccccc2)O1. The fourth-order valence-electron chi connectivity index (χ4n) is 1.95. The zero-order valence-corrected chi connectivity index (χ0v) is 10.2. The summed E-state index contributed by atoms with van der Waals surface area (Å²) in [4.78, 5) is 0. The van der Waals surface area contributed by atoms with E-state index in [4.69, 9.17) is 14.6 Å². The lowest BCUT2D eigenvalue weighted by molar-refractivity contribution is -0.0102. The summed E-state index contributed by atoms with van der Waals surface area (Å²) in [5.41, 5.74) is 0.906. The normalized spacial score (nSPS) is 27.4. The van der Waals surface area contributed by atoms with Gasteiger partial charge in [0, 0.05) is 20.6 Å². The Kier molecular flexibility index (Phi) is 6.11. The first kappa shape index (κ1) is 14.1. The minimum Gasteiger partial charge on any atom is -0.400 e. The van der Waals surface area contributed by atoms with Crippen LogP contribution in [-0.2, 0) is 9.47 Å². The van der Waals surface area contributed by atoms with Crippen LogP contribution in [0.5, 0.6) is 0 Å². The van der Waals surface area contributed by atoms with Gasteiger partial charge in [-0.05, 0) is 5.56 Å². The number of rotatable bonds is 3. The molecule has 1 aliphatic rings. The Bertz CT molecular complexity index is 305. The molecule has 4 heteroatoms. The number of aliphatic hydroxyl groups is 1. The van der Waals surface area contributed by atoms with Gasteiger partial charge in [-0.15, -0.1) is 0 Å². The summed E-state index contributed by atoms with van der Waals surface area (Å²) >= 11 is 0. The highest BCUT2D eigenvalue weighted by atomic mass is 19.1. The van der Waals surface area contributed by atoms with Crippen LogP contribution in [0.4, 0.5) is 4.39 Å². The van der Waals surface area contributed by atoms with Crippen molar-refractivity contribution in [2.24, 2.45) is 0 Å². The Labute approximate surface area is 101 Å². The number of hydrogen-bond acceptors (Lipinski definition) is 3. The van der Waals surface area contributed by atoms with E-state index in [1.165, 1.54) is 0 Å². The molecule has 1 aliphatic heterocycles. The highest BCUT2D eigenvalue weighted by molar-refractivity contribution is 5.19. The van der Waals surface area contributed by atoms with E-state index in [1.54, 1.807) is 7.11 Å². The summed E-state index contributed by atoms with van der Waals surface area (Å²) in [6, 6.07) is 9.50. The van der Waals surface area contributed by atoms with Gasteiger partial charge in [0.1, 0.15) is 12.3 Å². The molecule has 96 valence electrons. The molecule has 0 aromatic heterocycles. The molecule has 0 spiro atoms. The number of benzene rings is 1. The van der Waals surface area contributed by atoms with Crippen molar-refractivity contribution in [3.63, 3.8) is 0 Å². The Morgan fingerprint density at radius 2 is 2.00 bits per heavy atom. The molecule has 2 rings (SSSR count). The van der Waals surface area contributed by atoms with Crippen molar-refractivity contribution in [3.05, 3.63) is 35.9 Å². The molecule has 0 saturated carbocycles. The van der Waals surface area contributed by atoms with Crippen molar-refractivity contribution < 1.29 is 19.0 Å². The second-order valence-electron chi connectivity index (χ2n) is 3.80. The van der Waals surface area contributed by atoms with Gasteiger partial charge in [-0.2, -0.15) is 0 Å². The zero-order valence-electron chi connectivity index (χ0n) is 10.2. The van der Waals surface area contributed by atoms with Crippen molar-refractivity contribution in [2.75, 3.05) is 20.8 Å². The van der Waals surface area contributed by atoms with Gasteiger partial charge in [-0.25, -0.2) is 4.39 Å². The third-order valence-corrected chi connectivity index (χ3v) is 2.64. The molecule has 1 N–H and O–H groups in total. The number of halogens is 1.